The van der Waals surface area contributed by atoms with Gasteiger partial charge in [-0.3, -0.25) is 38.4 Å². The number of cyclic esters (lactones) is 1. The first-order chi connectivity index (χ1) is 20.5. The number of ether oxygens (including phenoxy) is 9. The molecule has 0 saturated carbocycles. The summed E-state index contributed by atoms with van der Waals surface area (Å²) < 4.78 is 48.4. The zero-order chi connectivity index (χ0) is 33.3. The first kappa shape index (κ1) is 35.9. The van der Waals surface area contributed by atoms with E-state index in [9.17, 15) is 38.4 Å². The minimum atomic E-state index is -1.52. The van der Waals surface area contributed by atoms with Crippen LogP contribution in [0.1, 0.15) is 54.9 Å². The number of rotatable bonds is 11. The molecule has 2 saturated heterocycles. The van der Waals surface area contributed by atoms with Crippen molar-refractivity contribution in [1.82, 2.24) is 0 Å². The lowest BCUT2D eigenvalue weighted by molar-refractivity contribution is -0.259. The highest BCUT2D eigenvalue weighted by molar-refractivity contribution is 5.76. The minimum absolute atomic E-state index is 0.478. The molecule has 2 heterocycles. The summed E-state index contributed by atoms with van der Waals surface area (Å²) in [6.07, 6.45) is -12.0. The number of carbonyl (C=O) groups excluding carboxylic acids is 8. The molecular formula is C27H36O17. The third-order valence-electron chi connectivity index (χ3n) is 6.29. The average molecular weight is 633 g/mol. The van der Waals surface area contributed by atoms with Crippen LogP contribution < -0.4 is 0 Å². The van der Waals surface area contributed by atoms with Crippen molar-refractivity contribution in [1.29, 1.82) is 0 Å². The van der Waals surface area contributed by atoms with Crippen molar-refractivity contribution < 1.29 is 81.0 Å². The Balaban J connectivity index is 2.60. The Kier molecular flexibility index (Phi) is 13.0. The van der Waals surface area contributed by atoms with Crippen LogP contribution in [0.25, 0.3) is 0 Å². The maximum Gasteiger partial charge on any atom is 0.313 e. The third kappa shape index (κ3) is 10.5. The molecule has 0 aliphatic carbocycles. The summed E-state index contributed by atoms with van der Waals surface area (Å²) in [4.78, 5) is 96.8. The van der Waals surface area contributed by atoms with Crippen LogP contribution in [0, 0.1) is 5.92 Å². The second-order valence-corrected chi connectivity index (χ2v) is 10.0. The normalized spacial score (nSPS) is 29.6. The van der Waals surface area contributed by atoms with Crippen molar-refractivity contribution in [2.75, 3.05) is 13.2 Å². The van der Waals surface area contributed by atoms with Gasteiger partial charge in [-0.25, -0.2) is 0 Å². The van der Waals surface area contributed by atoms with E-state index in [-0.39, 0.29) is 0 Å². The Morgan fingerprint density at radius 3 is 1.30 bits per heavy atom. The van der Waals surface area contributed by atoms with Crippen LogP contribution in [0.3, 0.4) is 0 Å². The molecule has 9 atom stereocenters. The maximum atomic E-state index is 13.4. The molecule has 2 aliphatic heterocycles. The summed E-state index contributed by atoms with van der Waals surface area (Å²) >= 11 is 0. The highest BCUT2D eigenvalue weighted by Crippen LogP contribution is 2.37. The van der Waals surface area contributed by atoms with Gasteiger partial charge in [0.1, 0.15) is 31.3 Å². The molecule has 2 fully saturated rings. The van der Waals surface area contributed by atoms with E-state index in [0.29, 0.717) is 0 Å². The van der Waals surface area contributed by atoms with Crippen molar-refractivity contribution in [2.45, 2.75) is 104 Å². The average Bonchev–Trinajstić information content (AvgIpc) is 2.87. The molecule has 2 rings (SSSR count). The highest BCUT2D eigenvalue weighted by atomic mass is 16.7. The smallest absolute Gasteiger partial charge is 0.313 e. The summed E-state index contributed by atoms with van der Waals surface area (Å²) in [6.45, 7) is 6.39. The molecule has 0 bridgehead atoms. The second-order valence-electron chi connectivity index (χ2n) is 10.0. The predicted octanol–water partition coefficient (Wildman–Crippen LogP) is -0.530. The zero-order valence-electron chi connectivity index (χ0n) is 25.3. The number of carbonyl (C=O) groups is 8. The van der Waals surface area contributed by atoms with Gasteiger partial charge in [0.25, 0.3) is 0 Å². The first-order valence-electron chi connectivity index (χ1n) is 13.5. The Morgan fingerprint density at radius 2 is 0.864 bits per heavy atom. The fourth-order valence-electron chi connectivity index (χ4n) is 4.87. The van der Waals surface area contributed by atoms with Gasteiger partial charge in [-0.05, 0) is 6.42 Å². The SMILES string of the molecule is CC(=O)OC[C@@H]1OC(=O)[C@H](C[C@H]2O[C@H](COC(C)=O)[C@@H](OC(C)=O)[C@H](OC(C)=O)[C@H]2OC(C)=O)[C@@H](OC(C)=O)[C@H]1OC(C)=O. The standard InChI is InChI=1S/C27H36O17/c1-11(28)36-9-20-25(41-16(6)33)26(42-17(7)34)23(39-14(4)31)19(43-20)8-18-22(38-13(3)30)24(40-15(5)32)21(44-27(18)35)10-37-12(2)29/h18-26H,8-10H2,1-7H3/t18-,19-,20-,21+,22-,23+,24+,25-,26-/m1/s1. The molecule has 0 spiro atoms. The molecule has 0 N–H and O–H groups in total. The van der Waals surface area contributed by atoms with Gasteiger partial charge < -0.3 is 42.6 Å². The van der Waals surface area contributed by atoms with Gasteiger partial charge in [0.15, 0.2) is 36.6 Å². The third-order valence-corrected chi connectivity index (χ3v) is 6.29. The fourth-order valence-corrected chi connectivity index (χ4v) is 4.87. The minimum Gasteiger partial charge on any atom is -0.463 e. The largest absolute Gasteiger partial charge is 0.463 e. The molecule has 0 aromatic rings. The summed E-state index contributed by atoms with van der Waals surface area (Å²) in [6, 6.07) is 0. The summed E-state index contributed by atoms with van der Waals surface area (Å²) in [7, 11) is 0. The van der Waals surface area contributed by atoms with Gasteiger partial charge in [0.05, 0.1) is 0 Å². The molecule has 17 heteroatoms. The molecule has 0 amide bonds. The fraction of sp³-hybridized carbons (Fsp3) is 0.704. The monoisotopic (exact) mass is 632 g/mol. The van der Waals surface area contributed by atoms with Gasteiger partial charge in [-0.1, -0.05) is 0 Å². The molecule has 2 aliphatic rings. The van der Waals surface area contributed by atoms with Crippen LogP contribution in [-0.2, 0) is 81.0 Å². The number of hydrogen-bond donors (Lipinski definition) is 0. The van der Waals surface area contributed by atoms with Gasteiger partial charge in [-0.2, -0.15) is 0 Å². The molecule has 0 aromatic carbocycles. The summed E-state index contributed by atoms with van der Waals surface area (Å²) in [5.41, 5.74) is 0. The quantitative estimate of drug-likeness (QED) is 0.206. The predicted molar refractivity (Wildman–Crippen MR) is 138 cm³/mol. The van der Waals surface area contributed by atoms with E-state index in [2.05, 4.69) is 0 Å². The molecule has 44 heavy (non-hydrogen) atoms. The van der Waals surface area contributed by atoms with E-state index < -0.39 is 122 Å². The van der Waals surface area contributed by atoms with Crippen LogP contribution in [0.2, 0.25) is 0 Å². The van der Waals surface area contributed by atoms with Gasteiger partial charge >= 0.3 is 47.8 Å². The lowest BCUT2D eigenvalue weighted by Crippen LogP contribution is -2.64. The van der Waals surface area contributed by atoms with Gasteiger partial charge in [0, 0.05) is 48.5 Å². The molecule has 246 valence electrons. The number of esters is 8. The Morgan fingerprint density at radius 1 is 0.500 bits per heavy atom. The zero-order valence-corrected chi connectivity index (χ0v) is 25.3. The highest BCUT2D eigenvalue weighted by Gasteiger charge is 2.56. The van der Waals surface area contributed by atoms with Gasteiger partial charge in [-0.15, -0.1) is 0 Å². The van der Waals surface area contributed by atoms with Crippen LogP contribution in [0.4, 0.5) is 0 Å². The van der Waals surface area contributed by atoms with E-state index >= 15 is 0 Å². The first-order valence-corrected chi connectivity index (χ1v) is 13.5. The molecule has 0 radical (unpaired) electrons. The van der Waals surface area contributed by atoms with Crippen LogP contribution in [-0.4, -0.2) is 110 Å². The van der Waals surface area contributed by atoms with Crippen molar-refractivity contribution in [3.05, 3.63) is 0 Å². The van der Waals surface area contributed by atoms with Crippen LogP contribution >= 0.6 is 0 Å². The topological polar surface area (TPSA) is 220 Å². The molecule has 17 nitrogen and oxygen atoms in total. The molecular weight excluding hydrogens is 596 g/mol. The van der Waals surface area contributed by atoms with E-state index in [1.54, 1.807) is 0 Å². The van der Waals surface area contributed by atoms with Crippen LogP contribution in [0.5, 0.6) is 0 Å². The van der Waals surface area contributed by atoms with Crippen LogP contribution in [0.15, 0.2) is 0 Å². The Hall–Kier alpha value is -4.28. The number of hydrogen-bond acceptors (Lipinski definition) is 17. The van der Waals surface area contributed by atoms with E-state index in [4.69, 9.17) is 42.6 Å². The van der Waals surface area contributed by atoms with Crippen molar-refractivity contribution in [3.63, 3.8) is 0 Å². The Bertz CT molecular complexity index is 1130. The van der Waals surface area contributed by atoms with E-state index in [1.165, 1.54) is 0 Å². The van der Waals surface area contributed by atoms with Crippen molar-refractivity contribution in [3.8, 4) is 0 Å². The summed E-state index contributed by atoms with van der Waals surface area (Å²) in [5.74, 6) is -8.21. The van der Waals surface area contributed by atoms with E-state index in [1.807, 2.05) is 0 Å². The van der Waals surface area contributed by atoms with Crippen molar-refractivity contribution in [2.24, 2.45) is 5.92 Å². The van der Waals surface area contributed by atoms with Crippen molar-refractivity contribution >= 4 is 47.8 Å². The van der Waals surface area contributed by atoms with Gasteiger partial charge in [0.2, 0.25) is 0 Å². The Labute approximate surface area is 252 Å². The lowest BCUT2D eigenvalue weighted by Gasteiger charge is -2.46. The molecule has 0 unspecified atom stereocenters. The second kappa shape index (κ2) is 16.0. The van der Waals surface area contributed by atoms with E-state index in [0.717, 1.165) is 48.5 Å². The summed E-state index contributed by atoms with van der Waals surface area (Å²) in [5, 5.41) is 0. The lowest BCUT2D eigenvalue weighted by atomic mass is 9.83. The molecule has 0 aromatic heterocycles. The maximum absolute atomic E-state index is 13.4.